The Bertz CT molecular complexity index is 967. The molecule has 164 valence electrons. The number of hydrogen-bond donors (Lipinski definition) is 1. The zero-order chi connectivity index (χ0) is 22.8. The fourth-order valence-corrected chi connectivity index (χ4v) is 3.31. The van der Waals surface area contributed by atoms with Crippen LogP contribution in [0.15, 0.2) is 41.5 Å². The number of hydrogen-bond acceptors (Lipinski definition) is 6. The smallest absolute Gasteiger partial charge is 0.161 e. The molecule has 31 heavy (non-hydrogen) atoms. The lowest BCUT2D eigenvalue weighted by Gasteiger charge is -2.16. The van der Waals surface area contributed by atoms with Gasteiger partial charge in [-0.05, 0) is 43.1 Å². The predicted octanol–water partition coefficient (Wildman–Crippen LogP) is 3.78. The summed E-state index contributed by atoms with van der Waals surface area (Å²) in [5.41, 5.74) is 4.94. The van der Waals surface area contributed by atoms with Crippen LogP contribution in [-0.2, 0) is 11.2 Å². The first-order valence-corrected chi connectivity index (χ1v) is 10.3. The molecule has 0 atom stereocenters. The molecule has 0 fully saturated rings. The molecule has 0 aliphatic rings. The van der Waals surface area contributed by atoms with E-state index in [2.05, 4.69) is 10.3 Å². The second-order valence-corrected chi connectivity index (χ2v) is 7.61. The van der Waals surface area contributed by atoms with Crippen molar-refractivity contribution in [2.24, 2.45) is 4.99 Å². The summed E-state index contributed by atoms with van der Waals surface area (Å²) in [5, 5.41) is 3.46. The van der Waals surface area contributed by atoms with Gasteiger partial charge in [0.2, 0.25) is 0 Å². The lowest BCUT2D eigenvalue weighted by molar-refractivity contribution is -0.102. The first-order chi connectivity index (χ1) is 14.9. The van der Waals surface area contributed by atoms with Crippen molar-refractivity contribution in [2.75, 3.05) is 34.3 Å². The molecule has 0 saturated heterocycles. The van der Waals surface area contributed by atoms with Crippen LogP contribution in [0.3, 0.4) is 0 Å². The quantitative estimate of drug-likeness (QED) is 0.326. The summed E-state index contributed by atoms with van der Waals surface area (Å²) in [6.45, 7) is 3.01. The van der Waals surface area contributed by atoms with E-state index in [0.29, 0.717) is 47.9 Å². The van der Waals surface area contributed by atoms with Gasteiger partial charge in [-0.15, -0.1) is 0 Å². The normalized spacial score (nSPS) is 11.6. The van der Waals surface area contributed by atoms with Gasteiger partial charge in [0, 0.05) is 32.4 Å². The molecule has 0 saturated carbocycles. The molecule has 0 aliphatic heterocycles. The fourth-order valence-electron chi connectivity index (χ4n) is 3.02. The molecule has 0 amide bonds. The van der Waals surface area contributed by atoms with Crippen LogP contribution < -0.4 is 10.1 Å². The van der Waals surface area contributed by atoms with E-state index < -0.39 is 0 Å². The molecule has 7 heteroatoms. The van der Waals surface area contributed by atoms with Crippen molar-refractivity contribution in [3.63, 3.8) is 0 Å². The van der Waals surface area contributed by atoms with Crippen molar-refractivity contribution in [3.8, 4) is 5.75 Å². The number of ether oxygens (including phenoxy) is 1. The standard InChI is InChI=1S/C24H28ClN3O3/c1-17-20(14-21(16-30)24(23(17)25)31-12-10-26-2)13-18-5-7-19(8-6-18)22(15-28(3)4)27-9-11-29/h5-9,11,14-16,26H,10,12-13H2,1-4H3/b22-15-,27-9?. The molecule has 2 rings (SSSR count). The van der Waals surface area contributed by atoms with Gasteiger partial charge in [0.25, 0.3) is 0 Å². The van der Waals surface area contributed by atoms with Crippen molar-refractivity contribution in [1.29, 1.82) is 0 Å². The number of carbonyl (C=O) groups excluding carboxylic acids is 2. The minimum Gasteiger partial charge on any atom is -0.490 e. The Hall–Kier alpha value is -2.96. The van der Waals surface area contributed by atoms with Crippen LogP contribution in [0.4, 0.5) is 0 Å². The van der Waals surface area contributed by atoms with E-state index >= 15 is 0 Å². The summed E-state index contributed by atoms with van der Waals surface area (Å²) in [6, 6.07) is 9.75. The van der Waals surface area contributed by atoms with E-state index in [-0.39, 0.29) is 0 Å². The van der Waals surface area contributed by atoms with Crippen molar-refractivity contribution in [1.82, 2.24) is 10.2 Å². The van der Waals surface area contributed by atoms with Crippen LogP contribution >= 0.6 is 11.6 Å². The van der Waals surface area contributed by atoms with E-state index in [1.807, 2.05) is 69.5 Å². The van der Waals surface area contributed by atoms with Gasteiger partial charge in [-0.1, -0.05) is 35.9 Å². The minimum absolute atomic E-state index is 0.423. The zero-order valence-electron chi connectivity index (χ0n) is 18.3. The molecular formula is C24H28ClN3O3. The number of nitrogens with zero attached hydrogens (tertiary/aromatic N) is 2. The minimum atomic E-state index is 0.423. The molecule has 0 spiro atoms. The zero-order valence-corrected chi connectivity index (χ0v) is 19.1. The van der Waals surface area contributed by atoms with Gasteiger partial charge in [0.05, 0.1) is 22.5 Å². The number of benzene rings is 2. The Morgan fingerprint density at radius 1 is 1.23 bits per heavy atom. The largest absolute Gasteiger partial charge is 0.490 e. The van der Waals surface area contributed by atoms with E-state index in [4.69, 9.17) is 16.3 Å². The molecule has 0 heterocycles. The first-order valence-electron chi connectivity index (χ1n) is 9.91. The van der Waals surface area contributed by atoms with Crippen LogP contribution in [-0.4, -0.2) is 58.0 Å². The predicted molar refractivity (Wildman–Crippen MR) is 126 cm³/mol. The maximum absolute atomic E-state index is 11.6. The van der Waals surface area contributed by atoms with E-state index in [1.54, 1.807) is 0 Å². The van der Waals surface area contributed by atoms with Gasteiger partial charge in [0.15, 0.2) is 12.6 Å². The molecule has 0 radical (unpaired) electrons. The molecule has 6 nitrogen and oxygen atoms in total. The molecule has 0 bridgehead atoms. The lowest BCUT2D eigenvalue weighted by Crippen LogP contribution is -2.17. The monoisotopic (exact) mass is 441 g/mol. The van der Waals surface area contributed by atoms with Crippen molar-refractivity contribution in [2.45, 2.75) is 13.3 Å². The lowest BCUT2D eigenvalue weighted by atomic mass is 9.97. The van der Waals surface area contributed by atoms with Gasteiger partial charge in [-0.25, -0.2) is 0 Å². The van der Waals surface area contributed by atoms with E-state index in [1.165, 1.54) is 6.21 Å². The Morgan fingerprint density at radius 3 is 2.52 bits per heavy atom. The molecule has 0 aliphatic carbocycles. The number of aliphatic imine (C=N–C) groups is 1. The Balaban J connectivity index is 2.30. The summed E-state index contributed by atoms with van der Waals surface area (Å²) in [5.74, 6) is 0.426. The van der Waals surface area contributed by atoms with E-state index in [0.717, 1.165) is 28.5 Å². The number of nitrogens with one attached hydrogen (secondary N) is 1. The van der Waals surface area contributed by atoms with Gasteiger partial charge < -0.3 is 15.0 Å². The summed E-state index contributed by atoms with van der Waals surface area (Å²) < 4.78 is 5.72. The van der Waals surface area contributed by atoms with Gasteiger partial charge >= 0.3 is 0 Å². The Morgan fingerprint density at radius 2 is 1.94 bits per heavy atom. The van der Waals surface area contributed by atoms with Crippen molar-refractivity contribution < 1.29 is 14.3 Å². The Labute approximate surface area is 188 Å². The van der Waals surface area contributed by atoms with Gasteiger partial charge in [-0.2, -0.15) is 0 Å². The average Bonchev–Trinajstić information content (AvgIpc) is 2.76. The maximum Gasteiger partial charge on any atom is 0.161 e. The number of rotatable bonds is 11. The highest BCUT2D eigenvalue weighted by molar-refractivity contribution is 6.33. The topological polar surface area (TPSA) is 71.0 Å². The first kappa shape index (κ1) is 24.3. The molecule has 2 aromatic carbocycles. The highest BCUT2D eigenvalue weighted by Gasteiger charge is 2.16. The van der Waals surface area contributed by atoms with Gasteiger partial charge in [-0.3, -0.25) is 14.6 Å². The summed E-state index contributed by atoms with van der Waals surface area (Å²) in [7, 11) is 5.63. The number of carbonyl (C=O) groups is 2. The van der Waals surface area contributed by atoms with Crippen molar-refractivity contribution in [3.05, 3.63) is 69.4 Å². The summed E-state index contributed by atoms with van der Waals surface area (Å²) in [4.78, 5) is 28.4. The third-order valence-corrected chi connectivity index (χ3v) is 5.08. The third-order valence-electron chi connectivity index (χ3n) is 4.63. The third kappa shape index (κ3) is 6.77. The van der Waals surface area contributed by atoms with Crippen LogP contribution in [0.1, 0.15) is 32.6 Å². The molecule has 0 aromatic heterocycles. The highest BCUT2D eigenvalue weighted by atomic mass is 35.5. The van der Waals surface area contributed by atoms with Crippen LogP contribution in [0.25, 0.3) is 5.70 Å². The summed E-state index contributed by atoms with van der Waals surface area (Å²) in [6.07, 6.45) is 5.13. The van der Waals surface area contributed by atoms with Crippen LogP contribution in [0.5, 0.6) is 5.75 Å². The van der Waals surface area contributed by atoms with Gasteiger partial charge in [0.1, 0.15) is 12.4 Å². The highest BCUT2D eigenvalue weighted by Crippen LogP contribution is 2.34. The Kier molecular flexibility index (Phi) is 9.43. The molecule has 0 unspecified atom stereocenters. The van der Waals surface area contributed by atoms with Crippen LogP contribution in [0.2, 0.25) is 5.02 Å². The summed E-state index contributed by atoms with van der Waals surface area (Å²) >= 11 is 6.53. The SMILES string of the molecule is CNCCOc1c(C=O)cc(Cc2ccc(/C(=C/N(C)C)N=CC=O)cc2)c(C)c1Cl. The van der Waals surface area contributed by atoms with Crippen molar-refractivity contribution >= 4 is 36.1 Å². The number of aldehydes is 2. The number of likely N-dealkylation sites (N-methyl/N-ethyl adjacent to an activating group) is 1. The average molecular weight is 442 g/mol. The number of halogens is 1. The second-order valence-electron chi connectivity index (χ2n) is 7.23. The second kappa shape index (κ2) is 12.0. The van der Waals surface area contributed by atoms with E-state index in [9.17, 15) is 9.59 Å². The fraction of sp³-hybridized carbons (Fsp3) is 0.292. The molecule has 1 N–H and O–H groups in total. The molecule has 2 aromatic rings. The molecular weight excluding hydrogens is 414 g/mol. The maximum atomic E-state index is 11.6. The van der Waals surface area contributed by atoms with Crippen LogP contribution in [0, 0.1) is 6.92 Å².